The van der Waals surface area contributed by atoms with Crippen LogP contribution in [0.3, 0.4) is 0 Å². The second kappa shape index (κ2) is 8.01. The fourth-order valence-electron chi connectivity index (χ4n) is 3.63. The van der Waals surface area contributed by atoms with Crippen molar-refractivity contribution in [1.29, 1.82) is 0 Å². The van der Waals surface area contributed by atoms with Crippen molar-refractivity contribution in [3.63, 3.8) is 0 Å². The number of amides is 1. The maximum atomic E-state index is 12.7. The van der Waals surface area contributed by atoms with Gasteiger partial charge in [-0.15, -0.1) is 0 Å². The van der Waals surface area contributed by atoms with Gasteiger partial charge in [0.25, 0.3) is 5.91 Å². The molecule has 0 saturated carbocycles. The van der Waals surface area contributed by atoms with E-state index in [1.165, 1.54) is 11.8 Å². The van der Waals surface area contributed by atoms with Crippen LogP contribution in [0.4, 0.5) is 5.69 Å². The number of rotatable bonds is 4. The zero-order chi connectivity index (χ0) is 20.6. The molecular formula is C20H19ClN2O4S2. The van der Waals surface area contributed by atoms with Gasteiger partial charge in [-0.25, -0.2) is 8.42 Å². The Kier molecular flexibility index (Phi) is 5.59. The first-order valence-electron chi connectivity index (χ1n) is 9.01. The molecule has 29 heavy (non-hydrogen) atoms. The first-order valence-corrected chi connectivity index (χ1v) is 12.1. The van der Waals surface area contributed by atoms with Crippen LogP contribution < -0.4 is 9.64 Å². The van der Waals surface area contributed by atoms with E-state index in [1.807, 2.05) is 35.2 Å². The summed E-state index contributed by atoms with van der Waals surface area (Å²) in [5, 5.41) is 0.965. The van der Waals surface area contributed by atoms with Crippen LogP contribution in [0.2, 0.25) is 5.02 Å². The number of hydrogen-bond acceptors (Lipinski definition) is 5. The Balaban J connectivity index is 1.64. The molecule has 6 nitrogen and oxygen atoms in total. The lowest BCUT2D eigenvalue weighted by Gasteiger charge is -2.24. The van der Waals surface area contributed by atoms with Gasteiger partial charge in [0.1, 0.15) is 5.75 Å². The maximum absolute atomic E-state index is 12.7. The monoisotopic (exact) mass is 450 g/mol. The second-order valence-electron chi connectivity index (χ2n) is 6.92. The normalized spacial score (nSPS) is 23.9. The molecule has 0 N–H and O–H groups in total. The molecule has 2 atom stereocenters. The van der Waals surface area contributed by atoms with Gasteiger partial charge in [0, 0.05) is 21.5 Å². The van der Waals surface area contributed by atoms with Crippen molar-refractivity contribution in [3.8, 4) is 5.75 Å². The molecule has 2 heterocycles. The molecule has 0 spiro atoms. The van der Waals surface area contributed by atoms with E-state index >= 15 is 0 Å². The Morgan fingerprint density at radius 1 is 1.21 bits per heavy atom. The SMILES string of the molecule is COc1ccccc1CC(=O)N=C1SC2CS(=O)(=O)CC2N1c1ccc(Cl)cc1. The predicted molar refractivity (Wildman–Crippen MR) is 117 cm³/mol. The molecule has 4 rings (SSSR count). The summed E-state index contributed by atoms with van der Waals surface area (Å²) in [6, 6.07) is 14.2. The summed E-state index contributed by atoms with van der Waals surface area (Å²) in [5.41, 5.74) is 1.53. The van der Waals surface area contributed by atoms with Crippen LogP contribution >= 0.6 is 23.4 Å². The van der Waals surface area contributed by atoms with Crippen LogP contribution in [0.15, 0.2) is 53.5 Å². The van der Waals surface area contributed by atoms with Crippen LogP contribution in [-0.4, -0.2) is 49.4 Å². The lowest BCUT2D eigenvalue weighted by Crippen LogP contribution is -2.37. The number of nitrogens with zero attached hydrogens (tertiary/aromatic N) is 2. The van der Waals surface area contributed by atoms with Crippen molar-refractivity contribution in [2.45, 2.75) is 17.7 Å². The number of hydrogen-bond donors (Lipinski definition) is 0. The predicted octanol–water partition coefficient (Wildman–Crippen LogP) is 3.19. The van der Waals surface area contributed by atoms with Gasteiger partial charge in [0.2, 0.25) is 0 Å². The average Bonchev–Trinajstić information content (AvgIpc) is 3.13. The number of methoxy groups -OCH3 is 1. The molecule has 2 aromatic carbocycles. The highest BCUT2D eigenvalue weighted by Crippen LogP contribution is 2.41. The van der Waals surface area contributed by atoms with Crippen molar-refractivity contribution < 1.29 is 17.9 Å². The Hall–Kier alpha value is -2.03. The van der Waals surface area contributed by atoms with E-state index in [-0.39, 0.29) is 35.1 Å². The van der Waals surface area contributed by atoms with Crippen LogP contribution in [0.1, 0.15) is 5.56 Å². The highest BCUT2D eigenvalue weighted by Gasteiger charge is 2.49. The van der Waals surface area contributed by atoms with Crippen LogP contribution in [0, 0.1) is 0 Å². The first-order chi connectivity index (χ1) is 13.9. The fraction of sp³-hybridized carbons (Fsp3) is 0.300. The van der Waals surface area contributed by atoms with Crippen molar-refractivity contribution in [1.82, 2.24) is 0 Å². The molecule has 0 aromatic heterocycles. The van der Waals surface area contributed by atoms with E-state index in [9.17, 15) is 13.2 Å². The van der Waals surface area contributed by atoms with Crippen molar-refractivity contribution >= 4 is 50.0 Å². The molecule has 0 radical (unpaired) electrons. The second-order valence-corrected chi connectivity index (χ2v) is 10.7. The molecule has 152 valence electrons. The number of aliphatic imine (C=N–C) groups is 1. The number of carbonyl (C=O) groups excluding carboxylic acids is 1. The molecule has 2 unspecified atom stereocenters. The zero-order valence-electron chi connectivity index (χ0n) is 15.6. The summed E-state index contributed by atoms with van der Waals surface area (Å²) in [6.45, 7) is 0. The number of para-hydroxylation sites is 1. The molecule has 2 aromatic rings. The average molecular weight is 451 g/mol. The van der Waals surface area contributed by atoms with E-state index < -0.39 is 9.84 Å². The van der Waals surface area contributed by atoms with E-state index in [2.05, 4.69) is 4.99 Å². The number of anilines is 1. The zero-order valence-corrected chi connectivity index (χ0v) is 18.0. The maximum Gasteiger partial charge on any atom is 0.252 e. The number of thioether (sulfide) groups is 1. The minimum atomic E-state index is -3.11. The number of benzene rings is 2. The van der Waals surface area contributed by atoms with Crippen molar-refractivity contribution in [3.05, 3.63) is 59.1 Å². The molecular weight excluding hydrogens is 432 g/mol. The standard InChI is InChI=1S/C20H19ClN2O4S2/c1-27-17-5-3-2-4-13(17)10-19(24)22-20-23(15-8-6-14(21)7-9-15)16-11-29(25,26)12-18(16)28-20/h2-9,16,18H,10-12H2,1H3. The van der Waals surface area contributed by atoms with Gasteiger partial charge in [0.15, 0.2) is 15.0 Å². The van der Waals surface area contributed by atoms with Gasteiger partial charge in [-0.1, -0.05) is 41.6 Å². The van der Waals surface area contributed by atoms with E-state index in [1.54, 1.807) is 25.3 Å². The first kappa shape index (κ1) is 20.3. The van der Waals surface area contributed by atoms with E-state index in [0.29, 0.717) is 15.9 Å². The molecule has 1 amide bonds. The summed E-state index contributed by atoms with van der Waals surface area (Å²) in [6.07, 6.45) is 0.107. The summed E-state index contributed by atoms with van der Waals surface area (Å²) < 4.78 is 29.6. The molecule has 0 bridgehead atoms. The number of fused-ring (bicyclic) bond motifs is 1. The van der Waals surface area contributed by atoms with Crippen LogP contribution in [0.25, 0.3) is 0 Å². The molecule has 9 heteroatoms. The molecule has 2 saturated heterocycles. The minimum Gasteiger partial charge on any atom is -0.496 e. The molecule has 2 aliphatic heterocycles. The lowest BCUT2D eigenvalue weighted by molar-refractivity contribution is -0.117. The summed E-state index contributed by atoms with van der Waals surface area (Å²) >= 11 is 7.35. The summed E-state index contributed by atoms with van der Waals surface area (Å²) in [7, 11) is -1.55. The third-order valence-electron chi connectivity index (χ3n) is 4.93. The summed E-state index contributed by atoms with van der Waals surface area (Å²) in [5.74, 6) is 0.468. The van der Waals surface area contributed by atoms with Crippen LogP contribution in [-0.2, 0) is 21.1 Å². The van der Waals surface area contributed by atoms with E-state index in [0.717, 1.165) is 11.3 Å². The van der Waals surface area contributed by atoms with Crippen LogP contribution in [0.5, 0.6) is 5.75 Å². The molecule has 0 aliphatic carbocycles. The van der Waals surface area contributed by atoms with Gasteiger partial charge in [0.05, 0.1) is 31.1 Å². The highest BCUT2D eigenvalue weighted by atomic mass is 35.5. The topological polar surface area (TPSA) is 76.0 Å². The summed E-state index contributed by atoms with van der Waals surface area (Å²) in [4.78, 5) is 18.9. The number of sulfone groups is 1. The number of amidine groups is 1. The van der Waals surface area contributed by atoms with Gasteiger partial charge in [-0.05, 0) is 30.3 Å². The smallest absolute Gasteiger partial charge is 0.252 e. The van der Waals surface area contributed by atoms with E-state index in [4.69, 9.17) is 16.3 Å². The lowest BCUT2D eigenvalue weighted by atomic mass is 10.1. The number of ether oxygens (including phenoxy) is 1. The quantitative estimate of drug-likeness (QED) is 0.712. The third-order valence-corrected chi connectivity index (χ3v) is 8.39. The third kappa shape index (κ3) is 4.29. The molecule has 2 fully saturated rings. The number of halogens is 1. The van der Waals surface area contributed by atoms with Gasteiger partial charge in [-0.3, -0.25) is 4.79 Å². The molecule has 2 aliphatic rings. The van der Waals surface area contributed by atoms with Crippen molar-refractivity contribution in [2.24, 2.45) is 4.99 Å². The van der Waals surface area contributed by atoms with Crippen molar-refractivity contribution in [2.75, 3.05) is 23.5 Å². The Bertz CT molecular complexity index is 1070. The fourth-order valence-corrected chi connectivity index (χ4v) is 7.68. The van der Waals surface area contributed by atoms with Gasteiger partial charge < -0.3 is 9.64 Å². The highest BCUT2D eigenvalue weighted by molar-refractivity contribution is 8.16. The number of carbonyl (C=O) groups is 1. The Morgan fingerprint density at radius 3 is 2.66 bits per heavy atom. The van der Waals surface area contributed by atoms with Gasteiger partial charge in [-0.2, -0.15) is 4.99 Å². The Morgan fingerprint density at radius 2 is 1.93 bits per heavy atom. The largest absolute Gasteiger partial charge is 0.496 e. The minimum absolute atomic E-state index is 0.0486. The Labute approximate surface area is 178 Å². The van der Waals surface area contributed by atoms with Gasteiger partial charge >= 0.3 is 0 Å².